The van der Waals surface area contributed by atoms with Crippen LogP contribution in [-0.2, 0) is 13.2 Å². The van der Waals surface area contributed by atoms with Crippen LogP contribution in [0.1, 0.15) is 30.2 Å². The summed E-state index contributed by atoms with van der Waals surface area (Å²) in [6.45, 7) is 2.80. The molecule has 0 amide bonds. The molecule has 2 aromatic heterocycles. The number of nitriles is 2. The second-order valence-electron chi connectivity index (χ2n) is 8.27. The van der Waals surface area contributed by atoms with Crippen molar-refractivity contribution in [3.63, 3.8) is 0 Å². The molecule has 1 aliphatic rings. The monoisotopic (exact) mass is 467 g/mol. The van der Waals surface area contributed by atoms with Gasteiger partial charge in [0.05, 0.1) is 16.8 Å². The van der Waals surface area contributed by atoms with Crippen molar-refractivity contribution in [2.75, 3.05) is 18.0 Å². The summed E-state index contributed by atoms with van der Waals surface area (Å²) in [7, 11) is 1.55. The molecular formula is C24H20F3N5O2. The first kappa shape index (κ1) is 23.1. The number of hydrogen-bond acceptors (Lipinski definition) is 6. The van der Waals surface area contributed by atoms with E-state index in [4.69, 9.17) is 4.74 Å². The van der Waals surface area contributed by atoms with Crippen molar-refractivity contribution < 1.29 is 17.9 Å². The van der Waals surface area contributed by atoms with Crippen molar-refractivity contribution in [2.45, 2.75) is 25.6 Å². The van der Waals surface area contributed by atoms with Gasteiger partial charge in [0.15, 0.2) is 0 Å². The number of aryl methyl sites for hydroxylation is 1. The average Bonchev–Trinajstić information content (AvgIpc) is 2.82. The van der Waals surface area contributed by atoms with Gasteiger partial charge in [-0.3, -0.25) is 4.79 Å². The minimum atomic E-state index is -4.41. The first-order valence-electron chi connectivity index (χ1n) is 10.6. The lowest BCUT2D eigenvalue weighted by Crippen LogP contribution is -2.45. The van der Waals surface area contributed by atoms with Gasteiger partial charge in [-0.1, -0.05) is 6.92 Å². The van der Waals surface area contributed by atoms with E-state index in [1.54, 1.807) is 13.1 Å². The molecule has 0 radical (unpaired) electrons. The standard InChI is InChI=1S/C24H20F3N5O2/c1-14-13-32(10-9-20(14)34-17-6-3-15(4-7-17)24(25,26)27)22-18(12-29)23(33)31(2)19-8-5-16(11-28)30-21(19)22/h3-8,14,20H,9-10,13H2,1-2H3/t14-,20+/m1/s1. The van der Waals surface area contributed by atoms with Gasteiger partial charge >= 0.3 is 6.18 Å². The summed E-state index contributed by atoms with van der Waals surface area (Å²) in [6.07, 6.45) is -4.16. The molecule has 0 spiro atoms. The number of nitrogens with zero attached hydrogens (tertiary/aromatic N) is 5. The number of fused-ring (bicyclic) bond motifs is 1. The molecule has 1 saturated heterocycles. The van der Waals surface area contributed by atoms with Gasteiger partial charge < -0.3 is 14.2 Å². The van der Waals surface area contributed by atoms with E-state index in [0.717, 1.165) is 12.1 Å². The minimum absolute atomic E-state index is 0.0492. The van der Waals surface area contributed by atoms with Gasteiger partial charge in [-0.15, -0.1) is 0 Å². The Labute approximate surface area is 193 Å². The summed E-state index contributed by atoms with van der Waals surface area (Å²) < 4.78 is 45.7. The van der Waals surface area contributed by atoms with Crippen LogP contribution in [0.5, 0.6) is 5.75 Å². The number of hydrogen-bond donors (Lipinski definition) is 0. The zero-order chi connectivity index (χ0) is 24.6. The third-order valence-corrected chi connectivity index (χ3v) is 6.05. The van der Waals surface area contributed by atoms with Crippen LogP contribution in [-0.4, -0.2) is 28.7 Å². The molecule has 2 atom stereocenters. The van der Waals surface area contributed by atoms with Crippen LogP contribution in [0.15, 0.2) is 41.2 Å². The second-order valence-corrected chi connectivity index (χ2v) is 8.27. The molecule has 34 heavy (non-hydrogen) atoms. The number of aromatic nitrogens is 2. The molecule has 174 valence electrons. The van der Waals surface area contributed by atoms with Crippen molar-refractivity contribution in [3.05, 3.63) is 63.6 Å². The zero-order valence-corrected chi connectivity index (χ0v) is 18.4. The highest BCUT2D eigenvalue weighted by molar-refractivity contribution is 5.92. The normalized spacial score (nSPS) is 18.4. The van der Waals surface area contributed by atoms with Crippen molar-refractivity contribution in [1.82, 2.24) is 9.55 Å². The fourth-order valence-electron chi connectivity index (χ4n) is 4.26. The highest BCUT2D eigenvalue weighted by Crippen LogP contribution is 2.34. The lowest BCUT2D eigenvalue weighted by molar-refractivity contribution is -0.137. The smallest absolute Gasteiger partial charge is 0.416 e. The first-order chi connectivity index (χ1) is 16.1. The van der Waals surface area contributed by atoms with Gasteiger partial charge in [-0.05, 0) is 36.4 Å². The summed E-state index contributed by atoms with van der Waals surface area (Å²) >= 11 is 0. The SMILES string of the molecule is C[C@@H]1CN(c2c(C#N)c(=O)n(C)c3ccc(C#N)nc23)CC[C@@H]1Oc1ccc(C(F)(F)F)cc1. The summed E-state index contributed by atoms with van der Waals surface area (Å²) in [5.74, 6) is 0.274. The van der Waals surface area contributed by atoms with Crippen LogP contribution in [0.25, 0.3) is 11.0 Å². The van der Waals surface area contributed by atoms with Crippen LogP contribution >= 0.6 is 0 Å². The summed E-state index contributed by atoms with van der Waals surface area (Å²) in [4.78, 5) is 19.1. The molecule has 4 rings (SSSR count). The van der Waals surface area contributed by atoms with E-state index in [1.807, 2.05) is 24.0 Å². The zero-order valence-electron chi connectivity index (χ0n) is 18.4. The van der Waals surface area contributed by atoms with Gasteiger partial charge in [0, 0.05) is 32.5 Å². The van der Waals surface area contributed by atoms with E-state index in [9.17, 15) is 28.5 Å². The van der Waals surface area contributed by atoms with Crippen molar-refractivity contribution >= 4 is 16.7 Å². The van der Waals surface area contributed by atoms with E-state index in [0.29, 0.717) is 42.0 Å². The number of piperidine rings is 1. The first-order valence-corrected chi connectivity index (χ1v) is 10.6. The number of anilines is 1. The van der Waals surface area contributed by atoms with Crippen LogP contribution in [0.4, 0.5) is 18.9 Å². The third kappa shape index (κ3) is 4.15. The molecule has 1 fully saturated rings. The molecule has 0 saturated carbocycles. The molecule has 0 bridgehead atoms. The van der Waals surface area contributed by atoms with Crippen molar-refractivity contribution in [1.29, 1.82) is 10.5 Å². The van der Waals surface area contributed by atoms with Gasteiger partial charge in [-0.2, -0.15) is 23.7 Å². The Morgan fingerprint density at radius 2 is 1.82 bits per heavy atom. The van der Waals surface area contributed by atoms with E-state index in [1.165, 1.54) is 22.8 Å². The van der Waals surface area contributed by atoms with E-state index in [2.05, 4.69) is 4.98 Å². The molecule has 3 aromatic rings. The lowest BCUT2D eigenvalue weighted by atomic mass is 9.95. The molecule has 0 unspecified atom stereocenters. The predicted molar refractivity (Wildman–Crippen MR) is 118 cm³/mol. The number of rotatable bonds is 3. The maximum absolute atomic E-state index is 12.8. The number of alkyl halides is 3. The Bertz CT molecular complexity index is 1380. The van der Waals surface area contributed by atoms with E-state index >= 15 is 0 Å². The molecule has 1 aromatic carbocycles. The molecule has 3 heterocycles. The molecule has 7 nitrogen and oxygen atoms in total. The Hall–Kier alpha value is -4.05. The molecule has 1 aliphatic heterocycles. The van der Waals surface area contributed by atoms with Gasteiger partial charge in [0.25, 0.3) is 5.56 Å². The summed E-state index contributed by atoms with van der Waals surface area (Å²) in [6, 6.07) is 11.7. The van der Waals surface area contributed by atoms with Crippen LogP contribution in [0.3, 0.4) is 0 Å². The maximum Gasteiger partial charge on any atom is 0.416 e. The molecule has 10 heteroatoms. The summed E-state index contributed by atoms with van der Waals surface area (Å²) in [5.41, 5.74) is 0.218. The number of pyridine rings is 2. The highest BCUT2D eigenvalue weighted by atomic mass is 19.4. The number of halogens is 3. The average molecular weight is 467 g/mol. The maximum atomic E-state index is 12.8. The molecule has 0 aliphatic carbocycles. The Morgan fingerprint density at radius 3 is 2.41 bits per heavy atom. The summed E-state index contributed by atoms with van der Waals surface area (Å²) in [5, 5.41) is 19.0. The topological polar surface area (TPSA) is 94.9 Å². The minimum Gasteiger partial charge on any atom is -0.490 e. The van der Waals surface area contributed by atoms with Gasteiger partial charge in [0.1, 0.15) is 40.8 Å². The Balaban J connectivity index is 1.63. The van der Waals surface area contributed by atoms with E-state index < -0.39 is 17.3 Å². The van der Waals surface area contributed by atoms with Crippen molar-refractivity contribution in [2.24, 2.45) is 13.0 Å². The van der Waals surface area contributed by atoms with Crippen LogP contribution in [0, 0.1) is 28.6 Å². The highest BCUT2D eigenvalue weighted by Gasteiger charge is 2.33. The fraction of sp³-hybridized carbons (Fsp3) is 0.333. The number of benzene rings is 1. The molecule has 0 N–H and O–H groups in total. The van der Waals surface area contributed by atoms with Crippen LogP contribution < -0.4 is 15.2 Å². The second kappa shape index (κ2) is 8.71. The third-order valence-electron chi connectivity index (χ3n) is 6.05. The lowest BCUT2D eigenvalue weighted by Gasteiger charge is -2.38. The van der Waals surface area contributed by atoms with E-state index in [-0.39, 0.29) is 23.3 Å². The largest absolute Gasteiger partial charge is 0.490 e. The van der Waals surface area contributed by atoms with Gasteiger partial charge in [0.2, 0.25) is 0 Å². The van der Waals surface area contributed by atoms with Gasteiger partial charge in [-0.25, -0.2) is 4.98 Å². The fourth-order valence-corrected chi connectivity index (χ4v) is 4.26. The quantitative estimate of drug-likeness (QED) is 0.578. The predicted octanol–water partition coefficient (Wildman–Crippen LogP) is 3.99. The Kier molecular flexibility index (Phi) is 5.92. The molecular weight excluding hydrogens is 447 g/mol. The number of ether oxygens (including phenoxy) is 1. The van der Waals surface area contributed by atoms with Crippen LogP contribution in [0.2, 0.25) is 0 Å². The Morgan fingerprint density at radius 1 is 1.12 bits per heavy atom. The van der Waals surface area contributed by atoms with Crippen molar-refractivity contribution in [3.8, 4) is 17.9 Å².